The van der Waals surface area contributed by atoms with Gasteiger partial charge in [-0.1, -0.05) is 6.07 Å². The highest BCUT2D eigenvalue weighted by molar-refractivity contribution is 6.46. The molecule has 1 heterocycles. The number of aliphatic hydroxyl groups is 1. The summed E-state index contributed by atoms with van der Waals surface area (Å²) in [5, 5.41) is 21.1. The predicted octanol–water partition coefficient (Wildman–Crippen LogP) is 2.87. The van der Waals surface area contributed by atoms with Gasteiger partial charge in [-0.05, 0) is 48.9 Å². The molecule has 0 aliphatic carbocycles. The number of methoxy groups -OCH3 is 2. The first-order valence-electron chi connectivity index (χ1n) is 9.80. The van der Waals surface area contributed by atoms with E-state index < -0.39 is 17.7 Å². The number of Topliss-reactive ketones (excluding diaryl/α,β-unsaturated/α-hetero) is 1. The van der Waals surface area contributed by atoms with Gasteiger partial charge in [0.2, 0.25) is 0 Å². The van der Waals surface area contributed by atoms with E-state index in [2.05, 4.69) is 0 Å². The summed E-state index contributed by atoms with van der Waals surface area (Å²) >= 11 is 0. The third kappa shape index (κ3) is 4.34. The SMILES string of the molecule is CCOc1cc(C2C(=C(O)c3ccc(OC)cc3)C(=O)C(=O)N2CCOC)ccc1O. The number of aromatic hydroxyl groups is 1. The van der Waals surface area contributed by atoms with Crippen LogP contribution in [0.15, 0.2) is 48.0 Å². The number of ether oxygens (including phenoxy) is 3. The zero-order chi connectivity index (χ0) is 22.5. The van der Waals surface area contributed by atoms with Crippen molar-refractivity contribution in [1.82, 2.24) is 4.90 Å². The number of likely N-dealkylation sites (tertiary alicyclic amines) is 1. The quantitative estimate of drug-likeness (QED) is 0.379. The first-order chi connectivity index (χ1) is 14.9. The molecule has 0 spiro atoms. The van der Waals surface area contributed by atoms with Gasteiger partial charge < -0.3 is 29.3 Å². The molecule has 0 radical (unpaired) electrons. The Morgan fingerprint density at radius 1 is 1.10 bits per heavy atom. The Kier molecular flexibility index (Phi) is 6.81. The molecule has 0 aromatic heterocycles. The first kappa shape index (κ1) is 22.2. The van der Waals surface area contributed by atoms with E-state index in [0.29, 0.717) is 23.5 Å². The largest absolute Gasteiger partial charge is 0.507 e. The predicted molar refractivity (Wildman–Crippen MR) is 113 cm³/mol. The maximum atomic E-state index is 12.9. The summed E-state index contributed by atoms with van der Waals surface area (Å²) < 4.78 is 15.7. The van der Waals surface area contributed by atoms with Crippen LogP contribution in [0, 0.1) is 0 Å². The summed E-state index contributed by atoms with van der Waals surface area (Å²) in [5.74, 6) is -1.06. The number of aliphatic hydroxyl groups excluding tert-OH is 1. The summed E-state index contributed by atoms with van der Waals surface area (Å²) in [6.07, 6.45) is 0. The zero-order valence-corrected chi connectivity index (χ0v) is 17.6. The number of phenolic OH excluding ortho intramolecular Hbond substituents is 1. The monoisotopic (exact) mass is 427 g/mol. The highest BCUT2D eigenvalue weighted by Crippen LogP contribution is 2.41. The number of rotatable bonds is 8. The number of amides is 1. The molecular weight excluding hydrogens is 402 g/mol. The van der Waals surface area contributed by atoms with Crippen molar-refractivity contribution in [2.75, 3.05) is 34.0 Å². The molecule has 1 aliphatic rings. The van der Waals surface area contributed by atoms with Crippen molar-refractivity contribution in [3.05, 3.63) is 59.2 Å². The fraction of sp³-hybridized carbons (Fsp3) is 0.304. The van der Waals surface area contributed by atoms with Crippen LogP contribution in [0.3, 0.4) is 0 Å². The third-order valence-electron chi connectivity index (χ3n) is 5.04. The highest BCUT2D eigenvalue weighted by atomic mass is 16.5. The Balaban J connectivity index is 2.16. The number of phenols is 1. The second-order valence-corrected chi connectivity index (χ2v) is 6.87. The van der Waals surface area contributed by atoms with E-state index in [-0.39, 0.29) is 36.0 Å². The van der Waals surface area contributed by atoms with Crippen molar-refractivity contribution in [3.63, 3.8) is 0 Å². The van der Waals surface area contributed by atoms with E-state index >= 15 is 0 Å². The second kappa shape index (κ2) is 9.53. The maximum Gasteiger partial charge on any atom is 0.295 e. The standard InChI is InChI=1S/C23H25NO7/c1-4-31-18-13-15(7-10-17(18)25)20-19(22(27)23(28)24(20)11-12-29-2)21(26)14-5-8-16(30-3)9-6-14/h5-10,13,20,25-26H,4,11-12H2,1-3H3. The Morgan fingerprint density at radius 2 is 1.81 bits per heavy atom. The second-order valence-electron chi connectivity index (χ2n) is 6.87. The van der Waals surface area contributed by atoms with Crippen LogP contribution in [0.1, 0.15) is 24.1 Å². The Bertz CT molecular complexity index is 997. The number of carbonyl (C=O) groups is 2. The molecule has 3 rings (SSSR count). The minimum atomic E-state index is -0.864. The molecule has 31 heavy (non-hydrogen) atoms. The van der Waals surface area contributed by atoms with Crippen molar-refractivity contribution in [1.29, 1.82) is 0 Å². The van der Waals surface area contributed by atoms with Gasteiger partial charge >= 0.3 is 0 Å². The third-order valence-corrected chi connectivity index (χ3v) is 5.04. The molecule has 1 atom stereocenters. The van der Waals surface area contributed by atoms with Gasteiger partial charge in [0.25, 0.3) is 11.7 Å². The smallest absolute Gasteiger partial charge is 0.295 e. The summed E-state index contributed by atoms with van der Waals surface area (Å²) in [4.78, 5) is 27.1. The van der Waals surface area contributed by atoms with Gasteiger partial charge in [0.05, 0.1) is 31.9 Å². The van der Waals surface area contributed by atoms with Gasteiger partial charge in [-0.15, -0.1) is 0 Å². The molecule has 1 unspecified atom stereocenters. The number of carbonyl (C=O) groups excluding carboxylic acids is 2. The molecule has 8 heteroatoms. The fourth-order valence-corrected chi connectivity index (χ4v) is 3.52. The van der Waals surface area contributed by atoms with Crippen LogP contribution in [0.5, 0.6) is 17.2 Å². The first-order valence-corrected chi connectivity index (χ1v) is 9.80. The molecule has 1 saturated heterocycles. The molecule has 1 aliphatic heterocycles. The van der Waals surface area contributed by atoms with Crippen LogP contribution >= 0.6 is 0 Å². The van der Waals surface area contributed by atoms with Gasteiger partial charge in [0, 0.05) is 19.2 Å². The zero-order valence-electron chi connectivity index (χ0n) is 17.6. The molecule has 2 aromatic carbocycles. The van der Waals surface area contributed by atoms with Crippen molar-refractivity contribution >= 4 is 17.4 Å². The van der Waals surface area contributed by atoms with Crippen LogP contribution in [0.2, 0.25) is 0 Å². The summed E-state index contributed by atoms with van der Waals surface area (Å²) in [6.45, 7) is 2.46. The average molecular weight is 427 g/mol. The normalized spacial score (nSPS) is 17.8. The van der Waals surface area contributed by atoms with Gasteiger partial charge in [0.1, 0.15) is 11.5 Å². The number of benzene rings is 2. The summed E-state index contributed by atoms with van der Waals surface area (Å²) in [5.41, 5.74) is 0.852. The van der Waals surface area contributed by atoms with Crippen LogP contribution in [0.4, 0.5) is 0 Å². The molecule has 1 amide bonds. The molecule has 0 saturated carbocycles. The molecule has 0 bridgehead atoms. The molecule has 8 nitrogen and oxygen atoms in total. The minimum Gasteiger partial charge on any atom is -0.507 e. The Morgan fingerprint density at radius 3 is 2.42 bits per heavy atom. The van der Waals surface area contributed by atoms with Crippen LogP contribution in [0.25, 0.3) is 5.76 Å². The van der Waals surface area contributed by atoms with Gasteiger partial charge in [-0.3, -0.25) is 9.59 Å². The number of hydrogen-bond donors (Lipinski definition) is 2. The van der Waals surface area contributed by atoms with E-state index in [0.717, 1.165) is 0 Å². The van der Waals surface area contributed by atoms with Gasteiger partial charge in [-0.25, -0.2) is 0 Å². The van der Waals surface area contributed by atoms with E-state index in [4.69, 9.17) is 14.2 Å². The van der Waals surface area contributed by atoms with Crippen molar-refractivity contribution < 1.29 is 34.0 Å². The highest BCUT2D eigenvalue weighted by Gasteiger charge is 2.46. The van der Waals surface area contributed by atoms with Crippen LogP contribution in [-0.2, 0) is 14.3 Å². The summed E-state index contributed by atoms with van der Waals surface area (Å²) in [6, 6.07) is 10.2. The van der Waals surface area contributed by atoms with E-state index in [1.807, 2.05) is 0 Å². The molecule has 164 valence electrons. The van der Waals surface area contributed by atoms with Gasteiger partial charge in [0.15, 0.2) is 11.5 Å². The lowest BCUT2D eigenvalue weighted by molar-refractivity contribution is -0.140. The lowest BCUT2D eigenvalue weighted by atomic mass is 9.95. The Labute approximate surface area is 180 Å². The van der Waals surface area contributed by atoms with Crippen LogP contribution < -0.4 is 9.47 Å². The molecule has 2 aromatic rings. The topological polar surface area (TPSA) is 106 Å². The average Bonchev–Trinajstić information content (AvgIpc) is 3.03. The number of ketones is 1. The lowest BCUT2D eigenvalue weighted by Crippen LogP contribution is -2.32. The van der Waals surface area contributed by atoms with E-state index in [1.54, 1.807) is 43.3 Å². The maximum absolute atomic E-state index is 12.9. The minimum absolute atomic E-state index is 0.0422. The van der Waals surface area contributed by atoms with Gasteiger partial charge in [-0.2, -0.15) is 0 Å². The molecule has 1 fully saturated rings. The van der Waals surface area contributed by atoms with E-state index in [9.17, 15) is 19.8 Å². The number of hydrogen-bond acceptors (Lipinski definition) is 7. The van der Waals surface area contributed by atoms with Crippen LogP contribution in [-0.4, -0.2) is 60.8 Å². The van der Waals surface area contributed by atoms with Crippen molar-refractivity contribution in [2.24, 2.45) is 0 Å². The summed E-state index contributed by atoms with van der Waals surface area (Å²) in [7, 11) is 3.02. The Hall–Kier alpha value is -3.52. The molecular formula is C23H25NO7. The van der Waals surface area contributed by atoms with Crippen molar-refractivity contribution in [3.8, 4) is 17.2 Å². The molecule has 2 N–H and O–H groups in total. The number of nitrogens with zero attached hydrogens (tertiary/aromatic N) is 1. The van der Waals surface area contributed by atoms with Crippen molar-refractivity contribution in [2.45, 2.75) is 13.0 Å². The fourth-order valence-electron chi connectivity index (χ4n) is 3.52. The lowest BCUT2D eigenvalue weighted by Gasteiger charge is -2.25. The van der Waals surface area contributed by atoms with E-state index in [1.165, 1.54) is 25.2 Å².